The molecule has 0 bridgehead atoms. The van der Waals surface area contributed by atoms with Gasteiger partial charge in [0.15, 0.2) is 0 Å². The lowest BCUT2D eigenvalue weighted by Crippen LogP contribution is -2.10. The van der Waals surface area contributed by atoms with Crippen molar-refractivity contribution in [1.82, 2.24) is 15.1 Å². The van der Waals surface area contributed by atoms with E-state index in [0.29, 0.717) is 6.04 Å². The molecule has 0 radical (unpaired) electrons. The summed E-state index contributed by atoms with van der Waals surface area (Å²) in [6.07, 6.45) is 3.94. The van der Waals surface area contributed by atoms with Crippen molar-refractivity contribution in [2.75, 3.05) is 7.05 Å². The number of hydrogen-bond donors (Lipinski definition) is 1. The first-order valence-corrected chi connectivity index (χ1v) is 5.78. The Morgan fingerprint density at radius 3 is 2.87 bits per heavy atom. The minimum Gasteiger partial charge on any atom is -0.313 e. The fraction of sp³-hybridized carbons (Fsp3) is 0.364. The minimum absolute atomic E-state index is 0.417. The van der Waals surface area contributed by atoms with Crippen molar-refractivity contribution in [2.24, 2.45) is 7.05 Å². The summed E-state index contributed by atoms with van der Waals surface area (Å²) in [5.41, 5.74) is 1.19. The standard InChI is InChI=1S/C11H15N3S/c1-8(12-2)10-4-5-11(15-10)9-6-13-14(3)7-9/h4-8,12H,1-3H3. The van der Waals surface area contributed by atoms with Crippen LogP contribution >= 0.6 is 11.3 Å². The molecule has 3 nitrogen and oxygen atoms in total. The molecule has 0 saturated heterocycles. The second kappa shape index (κ2) is 4.16. The van der Waals surface area contributed by atoms with Crippen LogP contribution in [0.5, 0.6) is 0 Å². The lowest BCUT2D eigenvalue weighted by Gasteiger charge is -2.05. The van der Waals surface area contributed by atoms with Gasteiger partial charge in [-0.05, 0) is 26.1 Å². The van der Waals surface area contributed by atoms with E-state index in [1.807, 2.05) is 42.5 Å². The Morgan fingerprint density at radius 1 is 1.47 bits per heavy atom. The van der Waals surface area contributed by atoms with Crippen molar-refractivity contribution < 1.29 is 0 Å². The van der Waals surface area contributed by atoms with Gasteiger partial charge in [-0.2, -0.15) is 5.10 Å². The van der Waals surface area contributed by atoms with Crippen molar-refractivity contribution in [2.45, 2.75) is 13.0 Å². The molecule has 0 saturated carbocycles. The van der Waals surface area contributed by atoms with Crippen molar-refractivity contribution >= 4 is 11.3 Å². The third-order valence-electron chi connectivity index (χ3n) is 2.48. The van der Waals surface area contributed by atoms with E-state index < -0.39 is 0 Å². The first kappa shape index (κ1) is 10.4. The van der Waals surface area contributed by atoms with E-state index in [2.05, 4.69) is 29.5 Å². The molecule has 80 valence electrons. The molecule has 1 unspecified atom stereocenters. The van der Waals surface area contributed by atoms with E-state index >= 15 is 0 Å². The third kappa shape index (κ3) is 2.11. The summed E-state index contributed by atoms with van der Waals surface area (Å²) in [5.74, 6) is 0. The highest BCUT2D eigenvalue weighted by Crippen LogP contribution is 2.30. The molecule has 0 amide bonds. The van der Waals surface area contributed by atoms with Gasteiger partial charge in [0.25, 0.3) is 0 Å². The highest BCUT2D eigenvalue weighted by molar-refractivity contribution is 7.15. The van der Waals surface area contributed by atoms with Crippen LogP contribution in [0, 0.1) is 0 Å². The van der Waals surface area contributed by atoms with Gasteiger partial charge in [-0.15, -0.1) is 11.3 Å². The van der Waals surface area contributed by atoms with E-state index in [0.717, 1.165) is 0 Å². The Kier molecular flexibility index (Phi) is 2.88. The van der Waals surface area contributed by atoms with Crippen molar-refractivity contribution in [1.29, 1.82) is 0 Å². The molecule has 2 aromatic heterocycles. The molecule has 0 aliphatic rings. The smallest absolute Gasteiger partial charge is 0.0576 e. The number of thiophene rings is 1. The Balaban J connectivity index is 2.27. The predicted molar refractivity (Wildman–Crippen MR) is 64.0 cm³/mol. The molecule has 0 aromatic carbocycles. The molecule has 2 heterocycles. The van der Waals surface area contributed by atoms with Gasteiger partial charge >= 0.3 is 0 Å². The zero-order chi connectivity index (χ0) is 10.8. The van der Waals surface area contributed by atoms with E-state index in [4.69, 9.17) is 0 Å². The average Bonchev–Trinajstić information content (AvgIpc) is 2.84. The van der Waals surface area contributed by atoms with Crippen LogP contribution in [0.15, 0.2) is 24.5 Å². The fourth-order valence-corrected chi connectivity index (χ4v) is 2.48. The third-order valence-corrected chi connectivity index (χ3v) is 3.79. The molecule has 2 rings (SSSR count). The van der Waals surface area contributed by atoms with Crippen LogP contribution in [0.2, 0.25) is 0 Å². The van der Waals surface area contributed by atoms with Crippen LogP contribution in [0.4, 0.5) is 0 Å². The monoisotopic (exact) mass is 221 g/mol. The summed E-state index contributed by atoms with van der Waals surface area (Å²) < 4.78 is 1.83. The largest absolute Gasteiger partial charge is 0.313 e. The van der Waals surface area contributed by atoms with Crippen LogP contribution < -0.4 is 5.32 Å². The summed E-state index contributed by atoms with van der Waals surface area (Å²) in [5, 5.41) is 7.42. The van der Waals surface area contributed by atoms with Gasteiger partial charge in [0, 0.05) is 34.6 Å². The summed E-state index contributed by atoms with van der Waals surface area (Å²) in [4.78, 5) is 2.64. The topological polar surface area (TPSA) is 29.9 Å². The van der Waals surface area contributed by atoms with E-state index in [-0.39, 0.29) is 0 Å². The molecule has 2 aromatic rings. The molecule has 0 fully saturated rings. The van der Waals surface area contributed by atoms with Gasteiger partial charge in [0.1, 0.15) is 0 Å². The number of hydrogen-bond acceptors (Lipinski definition) is 3. The van der Waals surface area contributed by atoms with Crippen LogP contribution in [0.25, 0.3) is 10.4 Å². The zero-order valence-corrected chi connectivity index (χ0v) is 10.0. The van der Waals surface area contributed by atoms with Gasteiger partial charge < -0.3 is 5.32 Å². The Bertz CT molecular complexity index is 444. The van der Waals surface area contributed by atoms with E-state index in [1.165, 1.54) is 15.3 Å². The Labute approximate surface area is 93.7 Å². The fourth-order valence-electron chi connectivity index (χ4n) is 1.43. The summed E-state index contributed by atoms with van der Waals surface area (Å²) in [6, 6.07) is 4.75. The summed E-state index contributed by atoms with van der Waals surface area (Å²) in [6.45, 7) is 2.17. The zero-order valence-electron chi connectivity index (χ0n) is 9.19. The molecule has 1 N–H and O–H groups in total. The number of aryl methyl sites for hydroxylation is 1. The molecule has 1 atom stereocenters. The maximum absolute atomic E-state index is 4.17. The van der Waals surface area contributed by atoms with Crippen molar-refractivity contribution in [3.63, 3.8) is 0 Å². The molecule has 0 aliphatic carbocycles. The van der Waals surface area contributed by atoms with Gasteiger partial charge in [0.2, 0.25) is 0 Å². The lowest BCUT2D eigenvalue weighted by molar-refractivity contribution is 0.664. The first-order valence-electron chi connectivity index (χ1n) is 4.96. The number of aromatic nitrogens is 2. The molecule has 0 spiro atoms. The minimum atomic E-state index is 0.417. The molecule has 4 heteroatoms. The maximum atomic E-state index is 4.17. The molecular formula is C11H15N3S. The number of rotatable bonds is 3. The van der Waals surface area contributed by atoms with E-state index in [9.17, 15) is 0 Å². The molecule has 0 aliphatic heterocycles. The van der Waals surface area contributed by atoms with Gasteiger partial charge in [0.05, 0.1) is 6.20 Å². The molecule has 15 heavy (non-hydrogen) atoms. The van der Waals surface area contributed by atoms with Gasteiger partial charge in [-0.25, -0.2) is 0 Å². The maximum Gasteiger partial charge on any atom is 0.0576 e. The predicted octanol–water partition coefficient (Wildman–Crippen LogP) is 2.43. The Morgan fingerprint density at radius 2 is 2.27 bits per heavy atom. The van der Waals surface area contributed by atoms with Crippen LogP contribution in [-0.4, -0.2) is 16.8 Å². The second-order valence-electron chi connectivity index (χ2n) is 3.62. The van der Waals surface area contributed by atoms with Gasteiger partial charge in [-0.3, -0.25) is 4.68 Å². The Hall–Kier alpha value is -1.13. The number of nitrogens with one attached hydrogen (secondary N) is 1. The highest BCUT2D eigenvalue weighted by Gasteiger charge is 2.08. The quantitative estimate of drug-likeness (QED) is 0.862. The van der Waals surface area contributed by atoms with Gasteiger partial charge in [-0.1, -0.05) is 0 Å². The average molecular weight is 221 g/mol. The number of nitrogens with zero attached hydrogens (tertiary/aromatic N) is 2. The van der Waals surface area contributed by atoms with Crippen LogP contribution in [-0.2, 0) is 7.05 Å². The van der Waals surface area contributed by atoms with Crippen LogP contribution in [0.3, 0.4) is 0 Å². The SMILES string of the molecule is CNC(C)c1ccc(-c2cnn(C)c2)s1. The first-order chi connectivity index (χ1) is 7.20. The normalized spacial score (nSPS) is 13.0. The summed E-state index contributed by atoms with van der Waals surface area (Å²) >= 11 is 1.82. The van der Waals surface area contributed by atoms with Crippen molar-refractivity contribution in [3.05, 3.63) is 29.4 Å². The summed E-state index contributed by atoms with van der Waals surface area (Å²) in [7, 11) is 3.92. The van der Waals surface area contributed by atoms with Crippen molar-refractivity contribution in [3.8, 4) is 10.4 Å². The van der Waals surface area contributed by atoms with Crippen LogP contribution in [0.1, 0.15) is 17.8 Å². The highest BCUT2D eigenvalue weighted by atomic mass is 32.1. The lowest BCUT2D eigenvalue weighted by atomic mass is 10.2. The second-order valence-corrected chi connectivity index (χ2v) is 4.73. The molecular weight excluding hydrogens is 206 g/mol. The van der Waals surface area contributed by atoms with E-state index in [1.54, 1.807) is 0 Å².